The lowest BCUT2D eigenvalue weighted by atomic mass is 10.1. The molecule has 25 heavy (non-hydrogen) atoms. The van der Waals surface area contributed by atoms with Crippen LogP contribution < -0.4 is 5.32 Å². The summed E-state index contributed by atoms with van der Waals surface area (Å²) in [5, 5.41) is 19.8. The van der Waals surface area contributed by atoms with Crippen LogP contribution in [0.1, 0.15) is 40.7 Å². The van der Waals surface area contributed by atoms with Gasteiger partial charge in [0.15, 0.2) is 0 Å². The number of benzene rings is 1. The van der Waals surface area contributed by atoms with E-state index in [1.165, 1.54) is 24.6 Å². The molecule has 3 N–H and O–H groups in total. The predicted molar refractivity (Wildman–Crippen MR) is 95.8 cm³/mol. The van der Waals surface area contributed by atoms with Crippen LogP contribution in [0.2, 0.25) is 0 Å². The van der Waals surface area contributed by atoms with Crippen LogP contribution in [0.25, 0.3) is 0 Å². The highest BCUT2D eigenvalue weighted by Gasteiger charge is 2.16. The molecule has 2 aromatic rings. The highest BCUT2D eigenvalue weighted by atomic mass is 16.3. The molecule has 0 bridgehead atoms. The number of phenolic OH excluding ortho intramolecular Hbond substituents is 1. The Labute approximate surface area is 147 Å². The van der Waals surface area contributed by atoms with Crippen molar-refractivity contribution in [2.45, 2.75) is 33.6 Å². The minimum atomic E-state index is -0.257. The first-order valence-corrected chi connectivity index (χ1v) is 8.16. The zero-order chi connectivity index (χ0) is 18.6. The number of carbonyl (C=O) groups excluding carboxylic acids is 2. The highest BCUT2D eigenvalue weighted by molar-refractivity contribution is 5.98. The second-order valence-corrected chi connectivity index (χ2v) is 6.16. The fraction of sp³-hybridized carbons (Fsp3) is 0.389. The zero-order valence-electron chi connectivity index (χ0n) is 15.0. The van der Waals surface area contributed by atoms with Crippen molar-refractivity contribution in [2.75, 3.05) is 18.9 Å². The number of phenols is 1. The van der Waals surface area contributed by atoms with E-state index in [0.717, 1.165) is 24.2 Å². The van der Waals surface area contributed by atoms with Crippen molar-refractivity contribution in [1.29, 1.82) is 0 Å². The number of carbonyl (C=O) groups is 2. The van der Waals surface area contributed by atoms with Crippen LogP contribution >= 0.6 is 0 Å². The Morgan fingerprint density at radius 3 is 2.60 bits per heavy atom. The van der Waals surface area contributed by atoms with E-state index in [4.69, 9.17) is 0 Å². The van der Waals surface area contributed by atoms with Crippen molar-refractivity contribution >= 4 is 17.5 Å². The van der Waals surface area contributed by atoms with Gasteiger partial charge < -0.3 is 15.3 Å². The first-order valence-electron chi connectivity index (χ1n) is 8.16. The van der Waals surface area contributed by atoms with Crippen molar-refractivity contribution in [1.82, 2.24) is 15.1 Å². The Hall–Kier alpha value is -2.83. The number of nitrogens with one attached hydrogen (secondary N) is 2. The molecule has 0 spiro atoms. The van der Waals surface area contributed by atoms with Gasteiger partial charge in [0.1, 0.15) is 5.75 Å². The van der Waals surface area contributed by atoms with Gasteiger partial charge in [-0.25, -0.2) is 0 Å². The number of rotatable bonds is 6. The predicted octanol–water partition coefficient (Wildman–Crippen LogP) is 2.40. The maximum atomic E-state index is 12.5. The molecular formula is C18H24N4O3. The molecule has 0 unspecified atom stereocenters. The number of aromatic nitrogens is 2. The molecule has 0 atom stereocenters. The van der Waals surface area contributed by atoms with Crippen molar-refractivity contribution < 1.29 is 14.7 Å². The molecule has 0 radical (unpaired) electrons. The molecule has 1 heterocycles. The monoisotopic (exact) mass is 344 g/mol. The Balaban J connectivity index is 1.96. The van der Waals surface area contributed by atoms with E-state index in [2.05, 4.69) is 15.5 Å². The standard InChI is InChI=1S/C18H24N4O3/c1-11-15(12(2)21-20-11)6-5-9-22(4)18(25)16-8-7-14(10-17(16)24)19-13(3)23/h7-8,10,24H,5-6,9H2,1-4H3,(H,19,23)(H,20,21). The summed E-state index contributed by atoms with van der Waals surface area (Å²) in [6.07, 6.45) is 1.63. The number of H-pyrrole nitrogens is 1. The third-order valence-electron chi connectivity index (χ3n) is 4.10. The van der Waals surface area contributed by atoms with E-state index in [9.17, 15) is 14.7 Å². The molecule has 0 saturated heterocycles. The van der Waals surface area contributed by atoms with Gasteiger partial charge in [0, 0.05) is 38.0 Å². The smallest absolute Gasteiger partial charge is 0.257 e. The molecular weight excluding hydrogens is 320 g/mol. The molecule has 2 rings (SSSR count). The highest BCUT2D eigenvalue weighted by Crippen LogP contribution is 2.23. The minimum Gasteiger partial charge on any atom is -0.507 e. The topological polar surface area (TPSA) is 98.3 Å². The fourth-order valence-electron chi connectivity index (χ4n) is 2.74. The maximum absolute atomic E-state index is 12.5. The number of anilines is 1. The number of aryl methyl sites for hydroxylation is 2. The first kappa shape index (κ1) is 18.5. The molecule has 7 heteroatoms. The largest absolute Gasteiger partial charge is 0.507 e. The summed E-state index contributed by atoms with van der Waals surface area (Å²) < 4.78 is 0. The summed E-state index contributed by atoms with van der Waals surface area (Å²) in [7, 11) is 1.71. The van der Waals surface area contributed by atoms with Crippen LogP contribution in [-0.2, 0) is 11.2 Å². The van der Waals surface area contributed by atoms with Crippen LogP contribution in [-0.4, -0.2) is 45.6 Å². The van der Waals surface area contributed by atoms with Gasteiger partial charge in [0.05, 0.1) is 11.3 Å². The zero-order valence-corrected chi connectivity index (χ0v) is 15.0. The number of amides is 2. The number of aromatic hydroxyl groups is 1. The summed E-state index contributed by atoms with van der Waals surface area (Å²) in [6.45, 7) is 5.89. The van der Waals surface area contributed by atoms with Crippen LogP contribution in [0.15, 0.2) is 18.2 Å². The maximum Gasteiger partial charge on any atom is 0.257 e. The van der Waals surface area contributed by atoms with Gasteiger partial charge in [-0.2, -0.15) is 5.10 Å². The van der Waals surface area contributed by atoms with E-state index in [0.29, 0.717) is 12.2 Å². The Bertz CT molecular complexity index is 763. The van der Waals surface area contributed by atoms with Crippen LogP contribution in [0.4, 0.5) is 5.69 Å². The third kappa shape index (κ3) is 4.59. The molecule has 0 aliphatic rings. The van der Waals surface area contributed by atoms with Crippen molar-refractivity contribution in [2.24, 2.45) is 0 Å². The molecule has 134 valence electrons. The Morgan fingerprint density at radius 1 is 1.32 bits per heavy atom. The molecule has 2 amide bonds. The molecule has 7 nitrogen and oxygen atoms in total. The van der Waals surface area contributed by atoms with E-state index in [1.807, 2.05) is 13.8 Å². The van der Waals surface area contributed by atoms with E-state index in [1.54, 1.807) is 18.0 Å². The summed E-state index contributed by atoms with van der Waals surface area (Å²) >= 11 is 0. The SMILES string of the molecule is CC(=O)Nc1ccc(C(=O)N(C)CCCc2c(C)n[nH]c2C)c(O)c1. The normalized spacial score (nSPS) is 10.6. The quantitative estimate of drug-likeness (QED) is 0.749. The molecule has 0 aliphatic heterocycles. The van der Waals surface area contributed by atoms with E-state index in [-0.39, 0.29) is 23.1 Å². The van der Waals surface area contributed by atoms with Crippen LogP contribution in [0.5, 0.6) is 5.75 Å². The Morgan fingerprint density at radius 2 is 2.04 bits per heavy atom. The van der Waals surface area contributed by atoms with E-state index >= 15 is 0 Å². The number of aromatic amines is 1. The van der Waals surface area contributed by atoms with Gasteiger partial charge in [-0.05, 0) is 44.4 Å². The van der Waals surface area contributed by atoms with Crippen LogP contribution in [0, 0.1) is 13.8 Å². The van der Waals surface area contributed by atoms with Crippen molar-refractivity contribution in [3.63, 3.8) is 0 Å². The van der Waals surface area contributed by atoms with Gasteiger partial charge in [-0.1, -0.05) is 0 Å². The van der Waals surface area contributed by atoms with Gasteiger partial charge in [-0.3, -0.25) is 14.7 Å². The summed E-state index contributed by atoms with van der Waals surface area (Å²) in [6, 6.07) is 4.49. The lowest BCUT2D eigenvalue weighted by Crippen LogP contribution is -2.28. The van der Waals surface area contributed by atoms with Crippen molar-refractivity contribution in [3.05, 3.63) is 40.7 Å². The van der Waals surface area contributed by atoms with Gasteiger partial charge in [0.25, 0.3) is 5.91 Å². The summed E-state index contributed by atoms with van der Waals surface area (Å²) in [5.41, 5.74) is 3.89. The molecule has 1 aromatic heterocycles. The average molecular weight is 344 g/mol. The van der Waals surface area contributed by atoms with Crippen molar-refractivity contribution in [3.8, 4) is 5.75 Å². The molecule has 0 aliphatic carbocycles. The summed E-state index contributed by atoms with van der Waals surface area (Å²) in [4.78, 5) is 25.1. The molecule has 1 aromatic carbocycles. The summed E-state index contributed by atoms with van der Waals surface area (Å²) in [5.74, 6) is -0.641. The van der Waals surface area contributed by atoms with Gasteiger partial charge >= 0.3 is 0 Å². The fourth-order valence-corrected chi connectivity index (χ4v) is 2.74. The number of hydrogen-bond donors (Lipinski definition) is 3. The molecule has 0 fully saturated rings. The van der Waals surface area contributed by atoms with E-state index < -0.39 is 0 Å². The van der Waals surface area contributed by atoms with Gasteiger partial charge in [0.2, 0.25) is 5.91 Å². The van der Waals surface area contributed by atoms with Gasteiger partial charge in [-0.15, -0.1) is 0 Å². The number of nitrogens with zero attached hydrogens (tertiary/aromatic N) is 2. The second kappa shape index (κ2) is 7.83. The van der Waals surface area contributed by atoms with Crippen LogP contribution in [0.3, 0.4) is 0 Å². The lowest BCUT2D eigenvalue weighted by Gasteiger charge is -2.18. The Kier molecular flexibility index (Phi) is 5.80. The second-order valence-electron chi connectivity index (χ2n) is 6.16. The average Bonchev–Trinajstić information content (AvgIpc) is 2.85. The minimum absolute atomic E-state index is 0.148. The third-order valence-corrected chi connectivity index (χ3v) is 4.10. The first-order chi connectivity index (χ1) is 11.8. The lowest BCUT2D eigenvalue weighted by molar-refractivity contribution is -0.114. The molecule has 0 saturated carbocycles. The number of hydrogen-bond acceptors (Lipinski definition) is 4.